The van der Waals surface area contributed by atoms with Crippen molar-refractivity contribution in [1.29, 1.82) is 0 Å². The molecule has 0 N–H and O–H groups in total. The summed E-state index contributed by atoms with van der Waals surface area (Å²) in [5, 5.41) is 0. The number of rotatable bonds is 5. The van der Waals surface area contributed by atoms with Gasteiger partial charge < -0.3 is 18.9 Å². The normalized spacial score (nSPS) is 20.1. The van der Waals surface area contributed by atoms with Crippen LogP contribution in [0.3, 0.4) is 0 Å². The molecule has 0 amide bonds. The van der Waals surface area contributed by atoms with E-state index in [0.29, 0.717) is 31.0 Å². The van der Waals surface area contributed by atoms with Gasteiger partial charge in [-0.25, -0.2) is 4.79 Å². The van der Waals surface area contributed by atoms with E-state index in [-0.39, 0.29) is 18.9 Å². The van der Waals surface area contributed by atoms with Gasteiger partial charge >= 0.3 is 5.97 Å². The molecule has 2 heterocycles. The van der Waals surface area contributed by atoms with Gasteiger partial charge in [-0.2, -0.15) is 0 Å². The van der Waals surface area contributed by atoms with Crippen LogP contribution in [0.1, 0.15) is 17.5 Å². The highest BCUT2D eigenvalue weighted by Gasteiger charge is 2.29. The number of hydrogen-bond donors (Lipinski definition) is 0. The smallest absolute Gasteiger partial charge is 0.334 e. The minimum atomic E-state index is -0.286. The molecular weight excluding hydrogens is 320 g/mol. The van der Waals surface area contributed by atoms with Crippen LogP contribution in [0.4, 0.5) is 0 Å². The van der Waals surface area contributed by atoms with Crippen LogP contribution in [0.5, 0.6) is 11.5 Å². The van der Waals surface area contributed by atoms with Crippen molar-refractivity contribution in [3.63, 3.8) is 0 Å². The third-order valence-electron chi connectivity index (χ3n) is 4.14. The highest BCUT2D eigenvalue weighted by atomic mass is 16.7. The largest absolute Gasteiger partial charge is 0.456 e. The number of ether oxygens (including phenoxy) is 4. The zero-order valence-corrected chi connectivity index (χ0v) is 13.6. The lowest BCUT2D eigenvalue weighted by molar-refractivity contribution is -0.141. The maximum absolute atomic E-state index is 12.1. The fourth-order valence-corrected chi connectivity index (χ4v) is 2.89. The Morgan fingerprint density at radius 2 is 1.92 bits per heavy atom. The topological polar surface area (TPSA) is 54.0 Å². The number of fused-ring (bicyclic) bond motifs is 1. The van der Waals surface area contributed by atoms with Crippen LogP contribution in [0.15, 0.2) is 54.1 Å². The molecule has 0 bridgehead atoms. The van der Waals surface area contributed by atoms with Crippen molar-refractivity contribution in [2.75, 3.05) is 13.4 Å². The number of cyclic esters (lactones) is 1. The second kappa shape index (κ2) is 6.99. The Kier molecular flexibility index (Phi) is 4.39. The zero-order chi connectivity index (χ0) is 17.1. The number of hydrogen-bond acceptors (Lipinski definition) is 5. The van der Waals surface area contributed by atoms with Crippen LogP contribution in [0.25, 0.3) is 6.08 Å². The molecule has 5 nitrogen and oxygen atoms in total. The lowest BCUT2D eigenvalue weighted by atomic mass is 10.1. The number of carbonyl (C=O) groups excluding carboxylic acids is 1. The molecule has 4 rings (SSSR count). The molecule has 0 aromatic heterocycles. The average molecular weight is 338 g/mol. The molecule has 1 atom stereocenters. The Labute approximate surface area is 145 Å². The molecule has 2 aliphatic heterocycles. The molecule has 0 aliphatic carbocycles. The molecule has 0 radical (unpaired) electrons. The molecule has 2 aromatic rings. The average Bonchev–Trinajstić information content (AvgIpc) is 3.22. The van der Waals surface area contributed by atoms with Crippen molar-refractivity contribution < 1.29 is 23.7 Å². The summed E-state index contributed by atoms with van der Waals surface area (Å²) < 4.78 is 21.7. The Bertz CT molecular complexity index is 797. The van der Waals surface area contributed by atoms with Gasteiger partial charge in [0, 0.05) is 12.0 Å². The molecule has 0 unspecified atom stereocenters. The third kappa shape index (κ3) is 3.67. The van der Waals surface area contributed by atoms with E-state index in [2.05, 4.69) is 0 Å². The molecule has 0 saturated carbocycles. The van der Waals surface area contributed by atoms with E-state index in [1.165, 1.54) is 0 Å². The molecule has 2 aromatic carbocycles. The minimum Gasteiger partial charge on any atom is -0.456 e. The zero-order valence-electron chi connectivity index (χ0n) is 13.6. The summed E-state index contributed by atoms with van der Waals surface area (Å²) in [6, 6.07) is 15.5. The van der Waals surface area contributed by atoms with Gasteiger partial charge in [0.2, 0.25) is 6.79 Å². The Morgan fingerprint density at radius 3 is 2.80 bits per heavy atom. The monoisotopic (exact) mass is 338 g/mol. The standard InChI is InChI=1S/C20H18O5/c21-20-16(8-15-6-7-18-19(9-15)24-13-23-18)10-17(25-20)12-22-11-14-4-2-1-3-5-14/h1-9,17H,10-13H2/b16-8+/t17-/m0/s1. The maximum Gasteiger partial charge on any atom is 0.334 e. The summed E-state index contributed by atoms with van der Waals surface area (Å²) in [5.74, 6) is 1.14. The fourth-order valence-electron chi connectivity index (χ4n) is 2.89. The van der Waals surface area contributed by atoms with Crippen molar-refractivity contribution in [1.82, 2.24) is 0 Å². The molecule has 25 heavy (non-hydrogen) atoms. The maximum atomic E-state index is 12.1. The predicted octanol–water partition coefficient (Wildman–Crippen LogP) is 3.33. The summed E-state index contributed by atoms with van der Waals surface area (Å²) in [6.45, 7) is 1.13. The van der Waals surface area contributed by atoms with Gasteiger partial charge in [-0.1, -0.05) is 36.4 Å². The van der Waals surface area contributed by atoms with Crippen molar-refractivity contribution in [2.45, 2.75) is 19.1 Å². The van der Waals surface area contributed by atoms with Gasteiger partial charge in [0.25, 0.3) is 0 Å². The van der Waals surface area contributed by atoms with Crippen molar-refractivity contribution >= 4 is 12.0 Å². The van der Waals surface area contributed by atoms with Gasteiger partial charge in [0.15, 0.2) is 11.5 Å². The van der Waals surface area contributed by atoms with Crippen LogP contribution >= 0.6 is 0 Å². The van der Waals surface area contributed by atoms with Gasteiger partial charge in [-0.05, 0) is 29.3 Å². The quantitative estimate of drug-likeness (QED) is 0.618. The Balaban J connectivity index is 1.35. The van der Waals surface area contributed by atoms with Crippen LogP contribution in [-0.2, 0) is 20.9 Å². The predicted molar refractivity (Wildman–Crippen MR) is 91.1 cm³/mol. The van der Waals surface area contributed by atoms with Crippen LogP contribution < -0.4 is 9.47 Å². The fraction of sp³-hybridized carbons (Fsp3) is 0.250. The van der Waals surface area contributed by atoms with Gasteiger partial charge in [-0.15, -0.1) is 0 Å². The highest BCUT2D eigenvalue weighted by Crippen LogP contribution is 2.34. The second-order valence-electron chi connectivity index (χ2n) is 6.01. The first-order valence-corrected chi connectivity index (χ1v) is 8.21. The summed E-state index contributed by atoms with van der Waals surface area (Å²) in [6.07, 6.45) is 2.14. The second-order valence-corrected chi connectivity index (χ2v) is 6.01. The highest BCUT2D eigenvalue weighted by molar-refractivity contribution is 5.95. The lowest BCUT2D eigenvalue weighted by Gasteiger charge is -2.09. The van der Waals surface area contributed by atoms with Crippen LogP contribution in [-0.4, -0.2) is 25.5 Å². The van der Waals surface area contributed by atoms with E-state index in [0.717, 1.165) is 16.9 Å². The van der Waals surface area contributed by atoms with Gasteiger partial charge in [0.05, 0.1) is 13.2 Å². The molecule has 128 valence electrons. The van der Waals surface area contributed by atoms with Gasteiger partial charge in [-0.3, -0.25) is 0 Å². The minimum absolute atomic E-state index is 0.234. The number of carbonyl (C=O) groups is 1. The van der Waals surface area contributed by atoms with Crippen molar-refractivity contribution in [3.8, 4) is 11.5 Å². The van der Waals surface area contributed by atoms with E-state index in [9.17, 15) is 4.79 Å². The lowest BCUT2D eigenvalue weighted by Crippen LogP contribution is -2.14. The van der Waals surface area contributed by atoms with E-state index >= 15 is 0 Å². The summed E-state index contributed by atoms with van der Waals surface area (Å²) in [4.78, 5) is 12.1. The molecule has 1 fully saturated rings. The van der Waals surface area contributed by atoms with Crippen LogP contribution in [0.2, 0.25) is 0 Å². The first-order chi connectivity index (χ1) is 12.3. The van der Waals surface area contributed by atoms with E-state index in [4.69, 9.17) is 18.9 Å². The first-order valence-electron chi connectivity index (χ1n) is 8.21. The molecule has 5 heteroatoms. The molecule has 2 aliphatic rings. The number of benzene rings is 2. The molecular formula is C20H18O5. The molecule has 0 spiro atoms. The van der Waals surface area contributed by atoms with Crippen molar-refractivity contribution in [2.24, 2.45) is 0 Å². The van der Waals surface area contributed by atoms with Crippen LogP contribution in [0, 0.1) is 0 Å². The SMILES string of the molecule is O=C1O[C@H](COCc2ccccc2)C/C1=C\c1ccc2c(c1)OCO2. The van der Waals surface area contributed by atoms with E-state index in [1.807, 2.05) is 54.6 Å². The molecule has 1 saturated heterocycles. The summed E-state index contributed by atoms with van der Waals surface area (Å²) >= 11 is 0. The number of esters is 1. The van der Waals surface area contributed by atoms with Crippen molar-refractivity contribution in [3.05, 3.63) is 65.2 Å². The Morgan fingerprint density at radius 1 is 1.08 bits per heavy atom. The van der Waals surface area contributed by atoms with E-state index in [1.54, 1.807) is 0 Å². The van der Waals surface area contributed by atoms with E-state index < -0.39 is 0 Å². The third-order valence-corrected chi connectivity index (χ3v) is 4.14. The first kappa shape index (κ1) is 15.7. The van der Waals surface area contributed by atoms with Gasteiger partial charge in [0.1, 0.15) is 6.10 Å². The summed E-state index contributed by atoms with van der Waals surface area (Å²) in [5.41, 5.74) is 2.64. The Hall–Kier alpha value is -2.79. The summed E-state index contributed by atoms with van der Waals surface area (Å²) in [7, 11) is 0.